The number of ketones is 1. The Bertz CT molecular complexity index is 1020. The number of hydrogen-bond acceptors (Lipinski definition) is 4. The molecule has 1 aromatic heterocycles. The lowest BCUT2D eigenvalue weighted by Crippen LogP contribution is -2.12. The van der Waals surface area contributed by atoms with Crippen molar-refractivity contribution in [3.05, 3.63) is 65.0 Å². The van der Waals surface area contributed by atoms with Crippen LogP contribution < -0.4 is 5.32 Å². The van der Waals surface area contributed by atoms with Gasteiger partial charge in [0.15, 0.2) is 5.78 Å². The van der Waals surface area contributed by atoms with Gasteiger partial charge in [-0.05, 0) is 69.2 Å². The van der Waals surface area contributed by atoms with E-state index in [1.165, 1.54) is 0 Å². The van der Waals surface area contributed by atoms with Crippen LogP contribution >= 0.6 is 0 Å². The standard InChI is InChI=1S/C21H19N3O2/c1-12-13(2)23-19-11-16(7-10-18(19)22-12)21(26)24-17-8-5-15(6-9-17)20(25)14-3-4-14/h5-11,14H,3-4H2,1-2H3,(H,24,26). The second kappa shape index (κ2) is 6.33. The van der Waals surface area contributed by atoms with Crippen LogP contribution in [0.5, 0.6) is 0 Å². The van der Waals surface area contributed by atoms with Crippen molar-refractivity contribution in [3.63, 3.8) is 0 Å². The van der Waals surface area contributed by atoms with Gasteiger partial charge in [0.25, 0.3) is 5.91 Å². The van der Waals surface area contributed by atoms with Gasteiger partial charge in [-0.1, -0.05) is 0 Å². The molecule has 5 nitrogen and oxygen atoms in total. The average molecular weight is 345 g/mol. The van der Waals surface area contributed by atoms with Crippen molar-refractivity contribution in [2.45, 2.75) is 26.7 Å². The SMILES string of the molecule is Cc1nc2ccc(C(=O)Nc3ccc(C(=O)C4CC4)cc3)cc2nc1C. The summed E-state index contributed by atoms with van der Waals surface area (Å²) in [6.07, 6.45) is 1.97. The van der Waals surface area contributed by atoms with Gasteiger partial charge in [0.1, 0.15) is 0 Å². The molecule has 130 valence electrons. The topological polar surface area (TPSA) is 72.0 Å². The molecule has 0 bridgehead atoms. The summed E-state index contributed by atoms with van der Waals surface area (Å²) in [6.45, 7) is 3.82. The van der Waals surface area contributed by atoms with E-state index in [0.717, 1.165) is 29.7 Å². The molecule has 1 aliphatic carbocycles. The maximum Gasteiger partial charge on any atom is 0.255 e. The first kappa shape index (κ1) is 16.4. The van der Waals surface area contributed by atoms with E-state index in [1.807, 2.05) is 13.8 Å². The highest BCUT2D eigenvalue weighted by molar-refractivity contribution is 6.06. The zero-order valence-corrected chi connectivity index (χ0v) is 14.7. The second-order valence-corrected chi connectivity index (χ2v) is 6.77. The molecule has 0 spiro atoms. The second-order valence-electron chi connectivity index (χ2n) is 6.77. The van der Waals surface area contributed by atoms with Gasteiger partial charge in [-0.15, -0.1) is 0 Å². The Morgan fingerprint density at radius 1 is 0.885 bits per heavy atom. The molecule has 1 fully saturated rings. The number of rotatable bonds is 4. The molecule has 1 amide bonds. The van der Waals surface area contributed by atoms with Gasteiger partial charge in [0.2, 0.25) is 0 Å². The smallest absolute Gasteiger partial charge is 0.255 e. The molecule has 4 rings (SSSR count). The predicted molar refractivity (Wildman–Crippen MR) is 100 cm³/mol. The molecule has 1 heterocycles. The summed E-state index contributed by atoms with van der Waals surface area (Å²) in [4.78, 5) is 33.5. The van der Waals surface area contributed by atoms with Crippen molar-refractivity contribution < 1.29 is 9.59 Å². The minimum Gasteiger partial charge on any atom is -0.322 e. The summed E-state index contributed by atoms with van der Waals surface area (Å²) in [7, 11) is 0. The zero-order valence-electron chi connectivity index (χ0n) is 14.7. The van der Waals surface area contributed by atoms with Gasteiger partial charge < -0.3 is 5.32 Å². The third kappa shape index (κ3) is 3.20. The fourth-order valence-corrected chi connectivity index (χ4v) is 2.87. The molecule has 1 N–H and O–H groups in total. The highest BCUT2D eigenvalue weighted by atomic mass is 16.1. The van der Waals surface area contributed by atoms with Crippen LogP contribution in [0, 0.1) is 19.8 Å². The largest absolute Gasteiger partial charge is 0.322 e. The maximum absolute atomic E-state index is 12.5. The Morgan fingerprint density at radius 2 is 1.50 bits per heavy atom. The molecule has 5 heteroatoms. The Kier molecular flexibility index (Phi) is 3.99. The number of amides is 1. The van der Waals surface area contributed by atoms with Gasteiger partial charge in [0, 0.05) is 22.7 Å². The van der Waals surface area contributed by atoms with Crippen molar-refractivity contribution >= 4 is 28.4 Å². The fourth-order valence-electron chi connectivity index (χ4n) is 2.87. The normalized spacial score (nSPS) is 13.6. The van der Waals surface area contributed by atoms with E-state index in [9.17, 15) is 9.59 Å². The van der Waals surface area contributed by atoms with Crippen molar-refractivity contribution in [1.82, 2.24) is 9.97 Å². The Balaban J connectivity index is 1.53. The van der Waals surface area contributed by atoms with E-state index >= 15 is 0 Å². The fraction of sp³-hybridized carbons (Fsp3) is 0.238. The molecule has 1 aliphatic rings. The quantitative estimate of drug-likeness (QED) is 0.723. The van der Waals surface area contributed by atoms with Gasteiger partial charge in [-0.3, -0.25) is 9.59 Å². The molecule has 0 aliphatic heterocycles. The van der Waals surface area contributed by atoms with Crippen LogP contribution in [-0.4, -0.2) is 21.7 Å². The van der Waals surface area contributed by atoms with Crippen molar-refractivity contribution in [2.24, 2.45) is 5.92 Å². The number of carbonyl (C=O) groups is 2. The highest BCUT2D eigenvalue weighted by Crippen LogP contribution is 2.32. The number of aromatic nitrogens is 2. The van der Waals surface area contributed by atoms with Crippen LogP contribution in [0.2, 0.25) is 0 Å². The van der Waals surface area contributed by atoms with Gasteiger partial charge in [0.05, 0.1) is 22.4 Å². The number of aryl methyl sites for hydroxylation is 2. The molecule has 0 atom stereocenters. The number of nitrogens with one attached hydrogen (secondary N) is 1. The molecule has 3 aromatic rings. The van der Waals surface area contributed by atoms with Crippen LogP contribution in [0.25, 0.3) is 11.0 Å². The number of anilines is 1. The van der Waals surface area contributed by atoms with E-state index in [1.54, 1.807) is 42.5 Å². The first-order valence-corrected chi connectivity index (χ1v) is 8.72. The third-order valence-electron chi connectivity index (χ3n) is 4.71. The van der Waals surface area contributed by atoms with Crippen molar-refractivity contribution in [1.29, 1.82) is 0 Å². The molecule has 2 aromatic carbocycles. The van der Waals surface area contributed by atoms with Crippen LogP contribution in [-0.2, 0) is 0 Å². The van der Waals surface area contributed by atoms with E-state index in [4.69, 9.17) is 0 Å². The molecular weight excluding hydrogens is 326 g/mol. The Morgan fingerprint density at radius 3 is 2.15 bits per heavy atom. The predicted octanol–water partition coefficient (Wildman–Crippen LogP) is 4.09. The first-order valence-electron chi connectivity index (χ1n) is 8.72. The lowest BCUT2D eigenvalue weighted by molar-refractivity contribution is 0.0967. The van der Waals surface area contributed by atoms with E-state index in [-0.39, 0.29) is 17.6 Å². The monoisotopic (exact) mass is 345 g/mol. The van der Waals surface area contributed by atoms with Crippen molar-refractivity contribution in [3.8, 4) is 0 Å². The first-order chi connectivity index (χ1) is 12.5. The van der Waals surface area contributed by atoms with E-state index in [0.29, 0.717) is 22.3 Å². The van der Waals surface area contributed by atoms with Gasteiger partial charge >= 0.3 is 0 Å². The number of carbonyl (C=O) groups excluding carboxylic acids is 2. The molecular formula is C21H19N3O2. The Hall–Kier alpha value is -3.08. The van der Waals surface area contributed by atoms with Crippen molar-refractivity contribution in [2.75, 3.05) is 5.32 Å². The highest BCUT2D eigenvalue weighted by Gasteiger charge is 2.30. The van der Waals surface area contributed by atoms with Crippen LogP contribution in [0.1, 0.15) is 44.9 Å². The molecule has 0 unspecified atom stereocenters. The van der Waals surface area contributed by atoms with Crippen LogP contribution in [0.4, 0.5) is 5.69 Å². The van der Waals surface area contributed by atoms with Gasteiger partial charge in [-0.2, -0.15) is 0 Å². The molecule has 1 saturated carbocycles. The summed E-state index contributed by atoms with van der Waals surface area (Å²) < 4.78 is 0. The molecule has 0 radical (unpaired) electrons. The molecule has 26 heavy (non-hydrogen) atoms. The summed E-state index contributed by atoms with van der Waals surface area (Å²) >= 11 is 0. The Labute approximate surface area is 151 Å². The minimum atomic E-state index is -0.215. The third-order valence-corrected chi connectivity index (χ3v) is 4.71. The number of nitrogens with zero attached hydrogens (tertiary/aromatic N) is 2. The number of benzene rings is 2. The zero-order chi connectivity index (χ0) is 18.3. The van der Waals surface area contributed by atoms with E-state index < -0.39 is 0 Å². The lowest BCUT2D eigenvalue weighted by Gasteiger charge is -2.08. The number of Topliss-reactive ketones (excluding diaryl/α,β-unsaturated/α-hetero) is 1. The van der Waals surface area contributed by atoms with Crippen LogP contribution in [0.15, 0.2) is 42.5 Å². The summed E-state index contributed by atoms with van der Waals surface area (Å²) in [5, 5.41) is 2.86. The average Bonchev–Trinajstić information content (AvgIpc) is 3.47. The maximum atomic E-state index is 12.5. The summed E-state index contributed by atoms with van der Waals surface area (Å²) in [5.41, 5.74) is 5.10. The lowest BCUT2D eigenvalue weighted by atomic mass is 10.1. The minimum absolute atomic E-state index is 0.196. The summed E-state index contributed by atoms with van der Waals surface area (Å²) in [5.74, 6) is 0.177. The van der Waals surface area contributed by atoms with Gasteiger partial charge in [-0.25, -0.2) is 9.97 Å². The molecule has 0 saturated heterocycles. The van der Waals surface area contributed by atoms with Crippen LogP contribution in [0.3, 0.4) is 0 Å². The number of fused-ring (bicyclic) bond motifs is 1. The van der Waals surface area contributed by atoms with E-state index in [2.05, 4.69) is 15.3 Å². The summed E-state index contributed by atoms with van der Waals surface area (Å²) in [6, 6.07) is 12.4. The number of hydrogen-bond donors (Lipinski definition) is 1.